The van der Waals surface area contributed by atoms with Crippen molar-refractivity contribution >= 4 is 16.9 Å². The SMILES string of the molecule is C1=CC/C(N2c3ccccc3Oc3ccccc32)=C\C=C(\c2nc(-c3ccccc3)cc(-c3ccccc3)n2)C1. The number of hydrogen-bond donors (Lipinski definition) is 0. The molecule has 0 N–H and O–H groups in total. The van der Waals surface area contributed by atoms with Gasteiger partial charge in [-0.05, 0) is 42.8 Å². The molecule has 4 aromatic carbocycles. The van der Waals surface area contributed by atoms with Gasteiger partial charge in [0.05, 0.1) is 22.8 Å². The highest BCUT2D eigenvalue weighted by Crippen LogP contribution is 2.48. The van der Waals surface area contributed by atoms with Crippen LogP contribution in [0.3, 0.4) is 0 Å². The Morgan fingerprint density at radius 2 is 1.07 bits per heavy atom. The number of allylic oxidation sites excluding steroid dienone is 5. The van der Waals surface area contributed by atoms with Crippen molar-refractivity contribution in [3.8, 4) is 34.0 Å². The zero-order valence-corrected chi connectivity index (χ0v) is 21.9. The van der Waals surface area contributed by atoms with Crippen LogP contribution in [0.2, 0.25) is 0 Å². The van der Waals surface area contributed by atoms with Gasteiger partial charge in [-0.15, -0.1) is 0 Å². The molecular formula is C36H27N3O. The zero-order chi connectivity index (χ0) is 26.7. The van der Waals surface area contributed by atoms with Gasteiger partial charge in [-0.25, -0.2) is 9.97 Å². The number of nitrogens with zero attached hydrogens (tertiary/aromatic N) is 3. The van der Waals surface area contributed by atoms with Gasteiger partial charge in [-0.3, -0.25) is 0 Å². The molecule has 1 aromatic heterocycles. The summed E-state index contributed by atoms with van der Waals surface area (Å²) in [6, 6.07) is 39.1. The quantitative estimate of drug-likeness (QED) is 0.223. The van der Waals surface area contributed by atoms with Crippen molar-refractivity contribution in [2.75, 3.05) is 4.90 Å². The third kappa shape index (κ3) is 4.61. The summed E-state index contributed by atoms with van der Waals surface area (Å²) in [7, 11) is 0. The molecule has 0 spiro atoms. The maximum absolute atomic E-state index is 6.23. The van der Waals surface area contributed by atoms with E-state index in [1.165, 1.54) is 0 Å². The lowest BCUT2D eigenvalue weighted by Crippen LogP contribution is -2.20. The van der Waals surface area contributed by atoms with Crippen molar-refractivity contribution in [1.29, 1.82) is 0 Å². The second-order valence-corrected chi connectivity index (χ2v) is 9.80. The van der Waals surface area contributed by atoms with Crippen LogP contribution in [0, 0.1) is 0 Å². The van der Waals surface area contributed by atoms with Gasteiger partial charge in [0.2, 0.25) is 0 Å². The van der Waals surface area contributed by atoms with Crippen LogP contribution < -0.4 is 9.64 Å². The van der Waals surface area contributed by atoms with E-state index in [1.807, 2.05) is 60.7 Å². The number of hydrogen-bond acceptors (Lipinski definition) is 4. The normalized spacial score (nSPS) is 16.8. The molecule has 7 rings (SSSR count). The first kappa shape index (κ1) is 23.9. The summed E-state index contributed by atoms with van der Waals surface area (Å²) >= 11 is 0. The molecule has 0 saturated heterocycles. The smallest absolute Gasteiger partial charge is 0.156 e. The number of anilines is 2. The molecule has 0 unspecified atom stereocenters. The minimum atomic E-state index is 0.741. The molecule has 1 aliphatic heterocycles. The summed E-state index contributed by atoms with van der Waals surface area (Å²) in [4.78, 5) is 12.4. The van der Waals surface area contributed by atoms with E-state index >= 15 is 0 Å². The van der Waals surface area contributed by atoms with E-state index in [9.17, 15) is 0 Å². The largest absolute Gasteiger partial charge is 0.453 e. The lowest BCUT2D eigenvalue weighted by Gasteiger charge is -2.34. The van der Waals surface area contributed by atoms with Gasteiger partial charge in [0.15, 0.2) is 17.3 Å². The number of aromatic nitrogens is 2. The first-order valence-corrected chi connectivity index (χ1v) is 13.5. The van der Waals surface area contributed by atoms with Crippen molar-refractivity contribution in [1.82, 2.24) is 9.97 Å². The first-order chi connectivity index (χ1) is 19.8. The summed E-state index contributed by atoms with van der Waals surface area (Å²) in [6.45, 7) is 0. The van der Waals surface area contributed by atoms with Crippen molar-refractivity contribution in [3.05, 3.63) is 151 Å². The fraction of sp³-hybridized carbons (Fsp3) is 0.0556. The van der Waals surface area contributed by atoms with Crippen molar-refractivity contribution in [3.63, 3.8) is 0 Å². The van der Waals surface area contributed by atoms with Crippen molar-refractivity contribution in [2.24, 2.45) is 0 Å². The molecule has 0 radical (unpaired) electrons. The van der Waals surface area contributed by atoms with E-state index in [0.29, 0.717) is 0 Å². The van der Waals surface area contributed by atoms with Crippen LogP contribution >= 0.6 is 0 Å². The third-order valence-electron chi connectivity index (χ3n) is 7.18. The van der Waals surface area contributed by atoms with Crippen LogP contribution in [0.25, 0.3) is 28.1 Å². The van der Waals surface area contributed by atoms with Crippen LogP contribution in [0.4, 0.5) is 11.4 Å². The lowest BCUT2D eigenvalue weighted by atomic mass is 10.0. The number of para-hydroxylation sites is 4. The maximum atomic E-state index is 6.23. The van der Waals surface area contributed by atoms with Gasteiger partial charge in [0.25, 0.3) is 0 Å². The van der Waals surface area contributed by atoms with E-state index in [-0.39, 0.29) is 0 Å². The molecule has 2 heterocycles. The predicted octanol–water partition coefficient (Wildman–Crippen LogP) is 9.37. The highest BCUT2D eigenvalue weighted by molar-refractivity contribution is 5.82. The third-order valence-corrected chi connectivity index (χ3v) is 7.18. The molecule has 0 amide bonds. The molecule has 2 aliphatic rings. The van der Waals surface area contributed by atoms with Crippen LogP contribution in [0.5, 0.6) is 11.5 Å². The molecule has 0 fully saturated rings. The van der Waals surface area contributed by atoms with Gasteiger partial charge in [-0.2, -0.15) is 0 Å². The Kier molecular flexibility index (Phi) is 6.27. The molecule has 4 nitrogen and oxygen atoms in total. The van der Waals surface area contributed by atoms with E-state index in [2.05, 4.69) is 83.8 Å². The summed E-state index contributed by atoms with van der Waals surface area (Å²) in [6.07, 6.45) is 10.4. The molecule has 1 aliphatic carbocycles. The Balaban J connectivity index is 1.35. The highest BCUT2D eigenvalue weighted by atomic mass is 16.5. The van der Waals surface area contributed by atoms with Crippen LogP contribution in [-0.4, -0.2) is 9.97 Å². The van der Waals surface area contributed by atoms with Crippen LogP contribution in [-0.2, 0) is 0 Å². The molecule has 0 bridgehead atoms. The van der Waals surface area contributed by atoms with Crippen molar-refractivity contribution in [2.45, 2.75) is 12.8 Å². The van der Waals surface area contributed by atoms with E-state index in [4.69, 9.17) is 14.7 Å². The van der Waals surface area contributed by atoms with E-state index < -0.39 is 0 Å². The maximum Gasteiger partial charge on any atom is 0.156 e. The second kappa shape index (κ2) is 10.5. The summed E-state index contributed by atoms with van der Waals surface area (Å²) in [5.41, 5.74) is 8.26. The summed E-state index contributed by atoms with van der Waals surface area (Å²) in [5, 5.41) is 0. The molecule has 192 valence electrons. The van der Waals surface area contributed by atoms with Gasteiger partial charge < -0.3 is 9.64 Å². The summed E-state index contributed by atoms with van der Waals surface area (Å²) in [5.74, 6) is 2.44. The topological polar surface area (TPSA) is 38.2 Å². The summed E-state index contributed by atoms with van der Waals surface area (Å²) < 4.78 is 6.23. The van der Waals surface area contributed by atoms with Gasteiger partial charge in [0.1, 0.15) is 0 Å². The fourth-order valence-corrected chi connectivity index (χ4v) is 5.20. The second-order valence-electron chi connectivity index (χ2n) is 9.80. The van der Waals surface area contributed by atoms with Crippen molar-refractivity contribution < 1.29 is 4.74 Å². The van der Waals surface area contributed by atoms with E-state index in [1.54, 1.807) is 0 Å². The molecule has 4 heteroatoms. The number of ether oxygens (including phenoxy) is 1. The Bertz CT molecular complexity index is 1670. The molecular weight excluding hydrogens is 490 g/mol. The van der Waals surface area contributed by atoms with Crippen LogP contribution in [0.15, 0.2) is 145 Å². The van der Waals surface area contributed by atoms with Gasteiger partial charge in [-0.1, -0.05) is 103 Å². The first-order valence-electron chi connectivity index (χ1n) is 13.5. The lowest BCUT2D eigenvalue weighted by molar-refractivity contribution is 0.475. The average molecular weight is 518 g/mol. The number of fused-ring (bicyclic) bond motifs is 2. The molecule has 0 saturated carbocycles. The Morgan fingerprint density at radius 3 is 1.68 bits per heavy atom. The molecule has 5 aromatic rings. The standard InChI is InChI=1S/C36H27N3O/c1-3-13-26(14-4-1)30-25-31(27-15-5-2-6-16-27)38-36(37-30)28-17-7-8-18-29(24-23-28)39-32-19-9-11-21-34(32)40-35-22-12-10-20-33(35)39/h1-16,19-25H,17-18H2/b8-7?,28-23+,29-24+. The minimum Gasteiger partial charge on any atom is -0.453 e. The zero-order valence-electron chi connectivity index (χ0n) is 21.9. The van der Waals surface area contributed by atoms with E-state index in [0.717, 1.165) is 75.3 Å². The highest BCUT2D eigenvalue weighted by Gasteiger charge is 2.26. The number of rotatable bonds is 4. The Morgan fingerprint density at radius 1 is 0.550 bits per heavy atom. The Labute approximate surface area is 234 Å². The number of benzene rings is 4. The predicted molar refractivity (Wildman–Crippen MR) is 162 cm³/mol. The fourth-order valence-electron chi connectivity index (χ4n) is 5.20. The van der Waals surface area contributed by atoms with Crippen LogP contribution in [0.1, 0.15) is 18.7 Å². The van der Waals surface area contributed by atoms with Gasteiger partial charge >= 0.3 is 0 Å². The average Bonchev–Trinajstić information content (AvgIpc) is 3.01. The minimum absolute atomic E-state index is 0.741. The molecule has 40 heavy (non-hydrogen) atoms. The molecule has 0 atom stereocenters. The monoisotopic (exact) mass is 517 g/mol. The Hall–Kier alpha value is -5.22. The van der Waals surface area contributed by atoms with Gasteiger partial charge in [0, 0.05) is 28.8 Å².